The highest BCUT2D eigenvalue weighted by atomic mass is 35.5. The summed E-state index contributed by atoms with van der Waals surface area (Å²) in [6.07, 6.45) is 8.82. The Balaban J connectivity index is 1.26. The van der Waals surface area contributed by atoms with Crippen LogP contribution < -0.4 is 16.0 Å². The largest absolute Gasteiger partial charge is 0.355 e. The van der Waals surface area contributed by atoms with Gasteiger partial charge < -0.3 is 16.0 Å². The third kappa shape index (κ3) is 6.09. The summed E-state index contributed by atoms with van der Waals surface area (Å²) >= 11 is 6.51. The van der Waals surface area contributed by atoms with E-state index in [4.69, 9.17) is 27.3 Å². The van der Waals surface area contributed by atoms with Gasteiger partial charge in [-0.1, -0.05) is 31.5 Å². The maximum Gasteiger partial charge on any atom is 0.166 e. The summed E-state index contributed by atoms with van der Waals surface area (Å²) in [7, 11) is -3.11. The molecular weight excluding hydrogens is 588 g/mol. The lowest BCUT2D eigenvalue weighted by molar-refractivity contribution is -0.120. The fourth-order valence-electron chi connectivity index (χ4n) is 6.05. The van der Waals surface area contributed by atoms with E-state index < -0.39 is 9.84 Å². The fraction of sp³-hybridized carbons (Fsp3) is 0.433. The van der Waals surface area contributed by atoms with Gasteiger partial charge in [-0.2, -0.15) is 5.10 Å². The van der Waals surface area contributed by atoms with Gasteiger partial charge in [0.15, 0.2) is 11.0 Å². The minimum Gasteiger partial charge on any atom is -0.355 e. The van der Waals surface area contributed by atoms with Crippen LogP contribution in [-0.4, -0.2) is 63.7 Å². The van der Waals surface area contributed by atoms with Crippen molar-refractivity contribution in [2.75, 3.05) is 28.8 Å². The molecule has 1 saturated carbocycles. The van der Waals surface area contributed by atoms with Gasteiger partial charge in [0.05, 0.1) is 23.5 Å². The normalized spacial score (nSPS) is 19.7. The molecule has 6 rings (SSSR count). The quantitative estimate of drug-likeness (QED) is 0.279. The molecule has 1 aliphatic heterocycles. The first-order valence-corrected chi connectivity index (χ1v) is 16.9. The van der Waals surface area contributed by atoms with E-state index in [0.717, 1.165) is 34.9 Å². The number of carbonyl (C=O) groups excluding carboxylic acids is 1. The third-order valence-electron chi connectivity index (χ3n) is 8.36. The number of pyridine rings is 1. The summed E-state index contributed by atoms with van der Waals surface area (Å²) in [5.74, 6) is 2.14. The monoisotopic (exact) mass is 622 g/mol. The van der Waals surface area contributed by atoms with Crippen molar-refractivity contribution < 1.29 is 13.2 Å². The minimum absolute atomic E-state index is 0.0769. The van der Waals surface area contributed by atoms with Crippen molar-refractivity contribution in [1.29, 1.82) is 0 Å². The number of nitrogens with two attached hydrogens (primary N) is 1. The molecule has 226 valence electrons. The summed E-state index contributed by atoms with van der Waals surface area (Å²) in [5.41, 5.74) is 9.16. The number of benzene rings is 1. The first-order chi connectivity index (χ1) is 20.5. The van der Waals surface area contributed by atoms with Crippen molar-refractivity contribution in [3.05, 3.63) is 53.6 Å². The lowest BCUT2D eigenvalue weighted by Crippen LogP contribution is -2.63. The van der Waals surface area contributed by atoms with Crippen LogP contribution in [0, 0.1) is 5.92 Å². The average Bonchev–Trinajstić information content (AvgIpc) is 3.35. The molecule has 1 saturated heterocycles. The van der Waals surface area contributed by atoms with Crippen molar-refractivity contribution >= 4 is 55.3 Å². The summed E-state index contributed by atoms with van der Waals surface area (Å²) in [6, 6.07) is 8.05. The summed E-state index contributed by atoms with van der Waals surface area (Å²) < 4.78 is 25.5. The highest BCUT2D eigenvalue weighted by Crippen LogP contribution is 2.39. The zero-order valence-corrected chi connectivity index (χ0v) is 25.9. The molecule has 43 heavy (non-hydrogen) atoms. The Morgan fingerprint density at radius 1 is 1.12 bits per heavy atom. The number of nitrogens with one attached hydrogen (secondary N) is 1. The smallest absolute Gasteiger partial charge is 0.166 e. The molecule has 2 aliphatic rings. The zero-order chi connectivity index (χ0) is 30.5. The second kappa shape index (κ2) is 11.5. The van der Waals surface area contributed by atoms with E-state index >= 15 is 0 Å². The highest BCUT2D eigenvalue weighted by molar-refractivity contribution is 7.90. The zero-order valence-electron chi connectivity index (χ0n) is 24.4. The van der Waals surface area contributed by atoms with Gasteiger partial charge in [0.2, 0.25) is 0 Å². The van der Waals surface area contributed by atoms with Crippen molar-refractivity contribution in [3.8, 4) is 11.4 Å². The van der Waals surface area contributed by atoms with Gasteiger partial charge in [0.25, 0.3) is 0 Å². The molecule has 4 aromatic rings. The number of sulfone groups is 1. The first kappa shape index (κ1) is 29.5. The Bertz CT molecular complexity index is 1800. The molecule has 3 N–H and O–H groups in total. The molecule has 0 bridgehead atoms. The third-order valence-corrected chi connectivity index (χ3v) is 9.67. The Hall–Kier alpha value is -3.61. The summed E-state index contributed by atoms with van der Waals surface area (Å²) in [5, 5.41) is 10.1. The van der Waals surface area contributed by atoms with Crippen LogP contribution in [0.2, 0.25) is 5.15 Å². The van der Waals surface area contributed by atoms with Crippen LogP contribution >= 0.6 is 11.6 Å². The number of rotatable bonds is 8. The van der Waals surface area contributed by atoms with Crippen molar-refractivity contribution in [2.45, 2.75) is 57.7 Å². The van der Waals surface area contributed by atoms with E-state index in [0.29, 0.717) is 53.3 Å². The van der Waals surface area contributed by atoms with Gasteiger partial charge in [0.1, 0.15) is 27.3 Å². The molecule has 0 unspecified atom stereocenters. The van der Waals surface area contributed by atoms with E-state index in [1.54, 1.807) is 12.3 Å². The number of anilines is 3. The maximum atomic E-state index is 11.8. The average molecular weight is 623 g/mol. The second-order valence-corrected chi connectivity index (χ2v) is 14.5. The van der Waals surface area contributed by atoms with Gasteiger partial charge in [-0.05, 0) is 47.9 Å². The van der Waals surface area contributed by atoms with Gasteiger partial charge >= 0.3 is 0 Å². The number of halogens is 1. The lowest BCUT2D eigenvalue weighted by Gasteiger charge is -2.47. The molecule has 13 heteroatoms. The number of hydrogen-bond donors (Lipinski definition) is 2. The SMILES string of the molecule is CC(C)c1ccc(N2C[C@H](CS(C)(=O)=O)[C@H]2N)c2cnc(Nc3ccnc(-c4cn(C5CCC(=O)CC5)nc4Cl)n3)cc12. The van der Waals surface area contributed by atoms with E-state index in [2.05, 4.69) is 41.4 Å². The fourth-order valence-corrected chi connectivity index (χ4v) is 7.35. The Labute approximate surface area is 255 Å². The number of aromatic nitrogens is 5. The number of ketones is 1. The predicted molar refractivity (Wildman–Crippen MR) is 168 cm³/mol. The maximum absolute atomic E-state index is 11.8. The Morgan fingerprint density at radius 3 is 2.58 bits per heavy atom. The van der Waals surface area contributed by atoms with Crippen molar-refractivity contribution in [3.63, 3.8) is 0 Å². The molecule has 2 fully saturated rings. The van der Waals surface area contributed by atoms with Gasteiger partial charge in [-0.3, -0.25) is 9.48 Å². The molecular formula is C30H35ClN8O3S. The van der Waals surface area contributed by atoms with E-state index in [1.165, 1.54) is 6.26 Å². The molecule has 1 aliphatic carbocycles. The van der Waals surface area contributed by atoms with Crippen LogP contribution in [0.15, 0.2) is 42.9 Å². The number of carbonyl (C=O) groups is 1. The van der Waals surface area contributed by atoms with E-state index in [1.807, 2.05) is 28.0 Å². The van der Waals surface area contributed by atoms with Crippen LogP contribution in [0.3, 0.4) is 0 Å². The molecule has 0 radical (unpaired) electrons. The number of fused-ring (bicyclic) bond motifs is 1. The summed E-state index contributed by atoms with van der Waals surface area (Å²) in [6.45, 7) is 4.86. The number of hydrogen-bond acceptors (Lipinski definition) is 10. The first-order valence-electron chi connectivity index (χ1n) is 14.5. The summed E-state index contributed by atoms with van der Waals surface area (Å²) in [4.78, 5) is 27.5. The van der Waals surface area contributed by atoms with E-state index in [-0.39, 0.29) is 29.8 Å². The minimum atomic E-state index is -3.11. The number of Topliss-reactive ketones (excluding diaryl/α,β-unsaturated/α-hetero) is 1. The molecule has 1 aromatic carbocycles. The molecule has 0 spiro atoms. The number of nitrogens with zero attached hydrogens (tertiary/aromatic N) is 6. The second-order valence-electron chi connectivity index (χ2n) is 11.9. The Morgan fingerprint density at radius 2 is 1.88 bits per heavy atom. The molecule has 2 atom stereocenters. The van der Waals surface area contributed by atoms with Gasteiger partial charge in [0, 0.05) is 61.2 Å². The standard InChI is InChI=1S/C30H35ClN8O3S/c1-17(2)21-8-9-25(38-14-18(29(38)32)16-43(3,41)42)23-13-34-27(12-22(21)23)35-26-10-11-33-30(36-26)24-15-39(37-28(24)31)19-4-6-20(40)7-5-19/h8-13,15,17-19,29H,4-7,14,16,32H2,1-3H3,(H,33,34,35,36)/t18-,29+/m1/s1. The van der Waals surface area contributed by atoms with Crippen LogP contribution in [-0.2, 0) is 14.6 Å². The van der Waals surface area contributed by atoms with Crippen LogP contribution in [0.5, 0.6) is 0 Å². The van der Waals surface area contributed by atoms with Crippen molar-refractivity contribution in [2.24, 2.45) is 11.7 Å². The van der Waals surface area contributed by atoms with Gasteiger partial charge in [-0.25, -0.2) is 23.4 Å². The van der Waals surface area contributed by atoms with Gasteiger partial charge in [-0.15, -0.1) is 0 Å². The highest BCUT2D eigenvalue weighted by Gasteiger charge is 2.39. The molecule has 4 heterocycles. The molecule has 11 nitrogen and oxygen atoms in total. The molecule has 0 amide bonds. The van der Waals surface area contributed by atoms with Crippen LogP contribution in [0.25, 0.3) is 22.2 Å². The van der Waals surface area contributed by atoms with Crippen molar-refractivity contribution in [1.82, 2.24) is 24.7 Å². The Kier molecular flexibility index (Phi) is 7.86. The van der Waals surface area contributed by atoms with Crippen LogP contribution in [0.1, 0.15) is 57.1 Å². The lowest BCUT2D eigenvalue weighted by atomic mass is 9.92. The molecule has 3 aromatic heterocycles. The van der Waals surface area contributed by atoms with Crippen LogP contribution in [0.4, 0.5) is 17.3 Å². The topological polar surface area (TPSA) is 149 Å². The predicted octanol–water partition coefficient (Wildman–Crippen LogP) is 4.86. The van der Waals surface area contributed by atoms with E-state index in [9.17, 15) is 13.2 Å².